The predicted molar refractivity (Wildman–Crippen MR) is 74.0 cm³/mol. The molecule has 18 heavy (non-hydrogen) atoms. The Bertz CT molecular complexity index is 556. The highest BCUT2D eigenvalue weighted by Gasteiger charge is 2.16. The zero-order chi connectivity index (χ0) is 13.1. The van der Waals surface area contributed by atoms with Gasteiger partial charge in [-0.1, -0.05) is 30.3 Å². The van der Waals surface area contributed by atoms with Gasteiger partial charge in [-0.25, -0.2) is 0 Å². The highest BCUT2D eigenvalue weighted by molar-refractivity contribution is 7.84. The summed E-state index contributed by atoms with van der Waals surface area (Å²) >= 11 is 6.03. The zero-order valence-corrected chi connectivity index (χ0v) is 11.8. The summed E-state index contributed by atoms with van der Waals surface area (Å²) in [6.45, 7) is 2.46. The highest BCUT2D eigenvalue weighted by Crippen LogP contribution is 2.21. The lowest BCUT2D eigenvalue weighted by molar-refractivity contribution is 0.645. The summed E-state index contributed by atoms with van der Waals surface area (Å²) in [4.78, 5) is 0. The number of nitrogens with zero attached hydrogens (tertiary/aromatic N) is 3. The Labute approximate surface area is 113 Å². The van der Waals surface area contributed by atoms with Gasteiger partial charge in [-0.15, -0.1) is 10.2 Å². The van der Waals surface area contributed by atoms with Gasteiger partial charge >= 0.3 is 0 Å². The molecule has 2 rings (SSSR count). The maximum Gasteiger partial charge on any atom is 0.225 e. The van der Waals surface area contributed by atoms with Crippen molar-refractivity contribution >= 4 is 22.4 Å². The molecule has 0 N–H and O–H groups in total. The topological polar surface area (TPSA) is 47.8 Å². The molecule has 1 aromatic heterocycles. The summed E-state index contributed by atoms with van der Waals surface area (Å²) in [6.07, 6.45) is 1.69. The molecule has 0 aliphatic carbocycles. The largest absolute Gasteiger partial charge is 0.297 e. The molecule has 6 heteroatoms. The molecule has 1 aromatic carbocycles. The van der Waals surface area contributed by atoms with Gasteiger partial charge in [0.15, 0.2) is 5.82 Å². The monoisotopic (exact) mass is 283 g/mol. The van der Waals surface area contributed by atoms with Crippen molar-refractivity contribution in [3.63, 3.8) is 0 Å². The lowest BCUT2D eigenvalue weighted by Crippen LogP contribution is -2.18. The van der Waals surface area contributed by atoms with Crippen LogP contribution in [0.15, 0.2) is 30.3 Å². The van der Waals surface area contributed by atoms with Crippen molar-refractivity contribution in [1.29, 1.82) is 0 Å². The van der Waals surface area contributed by atoms with Gasteiger partial charge in [0.2, 0.25) is 5.28 Å². The van der Waals surface area contributed by atoms with Crippen LogP contribution in [0.4, 0.5) is 0 Å². The molecule has 0 saturated heterocycles. The molecule has 2 aromatic rings. The molecule has 0 spiro atoms. The Morgan fingerprint density at radius 1 is 1.33 bits per heavy atom. The molecule has 0 bridgehead atoms. The van der Waals surface area contributed by atoms with Crippen LogP contribution in [0.3, 0.4) is 0 Å². The molecule has 0 aliphatic rings. The second kappa shape index (κ2) is 5.63. The molecule has 0 saturated carbocycles. The molecule has 96 valence electrons. The minimum Gasteiger partial charge on any atom is -0.297 e. The standard InChI is InChI=1S/C12H14ClN3OS/c1-9(18(2)17)8-16-11(14-15-12(16)13)10-6-4-3-5-7-10/h3-7,9H,8H2,1-2H3. The van der Waals surface area contributed by atoms with Crippen molar-refractivity contribution in [2.75, 3.05) is 6.26 Å². The molecule has 4 nitrogen and oxygen atoms in total. The van der Waals surface area contributed by atoms with Crippen LogP contribution in [0.2, 0.25) is 5.28 Å². The fourth-order valence-corrected chi connectivity index (χ4v) is 2.15. The van der Waals surface area contributed by atoms with Gasteiger partial charge in [-0.2, -0.15) is 0 Å². The minimum absolute atomic E-state index is 0.000891. The van der Waals surface area contributed by atoms with Gasteiger partial charge in [-0.3, -0.25) is 8.78 Å². The Balaban J connectivity index is 2.36. The third kappa shape index (κ3) is 2.79. The fraction of sp³-hybridized carbons (Fsp3) is 0.333. The number of aromatic nitrogens is 3. The first-order valence-corrected chi connectivity index (χ1v) is 7.56. The van der Waals surface area contributed by atoms with Crippen LogP contribution in [0.5, 0.6) is 0 Å². The third-order valence-electron chi connectivity index (χ3n) is 2.74. The summed E-state index contributed by atoms with van der Waals surface area (Å²) in [5.74, 6) is 0.706. The first-order valence-electron chi connectivity index (χ1n) is 5.56. The Kier molecular flexibility index (Phi) is 4.14. The number of hydrogen-bond acceptors (Lipinski definition) is 3. The molecule has 0 fully saturated rings. The van der Waals surface area contributed by atoms with Crippen LogP contribution < -0.4 is 0 Å². The van der Waals surface area contributed by atoms with E-state index in [0.29, 0.717) is 17.7 Å². The molecule has 2 atom stereocenters. The van der Waals surface area contributed by atoms with Crippen LogP contribution in [0, 0.1) is 0 Å². The first kappa shape index (κ1) is 13.2. The van der Waals surface area contributed by atoms with E-state index in [1.54, 1.807) is 10.8 Å². The van der Waals surface area contributed by atoms with E-state index in [1.807, 2.05) is 37.3 Å². The van der Waals surface area contributed by atoms with Crippen molar-refractivity contribution in [3.8, 4) is 11.4 Å². The molecule has 0 aliphatic heterocycles. The summed E-state index contributed by atoms with van der Waals surface area (Å²) in [5, 5.41) is 8.29. The van der Waals surface area contributed by atoms with Crippen molar-refractivity contribution in [2.45, 2.75) is 18.7 Å². The average molecular weight is 284 g/mol. The van der Waals surface area contributed by atoms with E-state index in [2.05, 4.69) is 10.2 Å². The van der Waals surface area contributed by atoms with Crippen molar-refractivity contribution in [3.05, 3.63) is 35.6 Å². The lowest BCUT2D eigenvalue weighted by atomic mass is 10.2. The predicted octanol–water partition coefficient (Wildman–Crippen LogP) is 2.37. The number of halogens is 1. The van der Waals surface area contributed by atoms with Crippen molar-refractivity contribution < 1.29 is 4.21 Å². The fourth-order valence-electron chi connectivity index (χ4n) is 1.61. The van der Waals surface area contributed by atoms with Gasteiger partial charge in [0.1, 0.15) is 0 Å². The summed E-state index contributed by atoms with van der Waals surface area (Å²) < 4.78 is 13.2. The molecular formula is C12H14ClN3OS. The average Bonchev–Trinajstić information content (AvgIpc) is 2.72. The van der Waals surface area contributed by atoms with E-state index in [0.717, 1.165) is 5.56 Å². The second-order valence-corrected chi connectivity index (χ2v) is 6.22. The van der Waals surface area contributed by atoms with Crippen LogP contribution in [-0.2, 0) is 17.3 Å². The van der Waals surface area contributed by atoms with Gasteiger partial charge in [-0.05, 0) is 18.5 Å². The van der Waals surface area contributed by atoms with E-state index in [4.69, 9.17) is 11.6 Å². The normalized spacial score (nSPS) is 14.4. The first-order chi connectivity index (χ1) is 8.59. The van der Waals surface area contributed by atoms with Gasteiger partial charge in [0, 0.05) is 34.4 Å². The maximum atomic E-state index is 11.4. The number of hydrogen-bond donors (Lipinski definition) is 0. The quantitative estimate of drug-likeness (QED) is 0.865. The Morgan fingerprint density at radius 2 is 2.00 bits per heavy atom. The molecule has 1 heterocycles. The molecule has 0 radical (unpaired) electrons. The second-order valence-electron chi connectivity index (χ2n) is 4.08. The van der Waals surface area contributed by atoms with Gasteiger partial charge < -0.3 is 0 Å². The minimum atomic E-state index is -0.903. The Morgan fingerprint density at radius 3 is 2.61 bits per heavy atom. The number of rotatable bonds is 4. The van der Waals surface area contributed by atoms with Crippen molar-refractivity contribution in [1.82, 2.24) is 14.8 Å². The van der Waals surface area contributed by atoms with Crippen LogP contribution in [-0.4, -0.2) is 30.5 Å². The summed E-state index contributed by atoms with van der Waals surface area (Å²) in [6, 6.07) is 9.71. The van der Waals surface area contributed by atoms with E-state index >= 15 is 0 Å². The lowest BCUT2D eigenvalue weighted by Gasteiger charge is -2.12. The van der Waals surface area contributed by atoms with Gasteiger partial charge in [0.05, 0.1) is 0 Å². The smallest absolute Gasteiger partial charge is 0.225 e. The summed E-state index contributed by atoms with van der Waals surface area (Å²) in [7, 11) is -0.903. The molecule has 0 amide bonds. The van der Waals surface area contributed by atoms with E-state index < -0.39 is 10.8 Å². The van der Waals surface area contributed by atoms with E-state index in [-0.39, 0.29) is 5.25 Å². The van der Waals surface area contributed by atoms with E-state index in [9.17, 15) is 4.21 Å². The SMILES string of the molecule is CC(Cn1c(Cl)nnc1-c1ccccc1)S(C)=O. The zero-order valence-electron chi connectivity index (χ0n) is 10.2. The van der Waals surface area contributed by atoms with E-state index in [1.165, 1.54) is 0 Å². The molecular weight excluding hydrogens is 270 g/mol. The van der Waals surface area contributed by atoms with Crippen LogP contribution in [0.1, 0.15) is 6.92 Å². The molecule has 2 unspecified atom stereocenters. The van der Waals surface area contributed by atoms with Crippen LogP contribution in [0.25, 0.3) is 11.4 Å². The van der Waals surface area contributed by atoms with Crippen molar-refractivity contribution in [2.24, 2.45) is 0 Å². The third-order valence-corrected chi connectivity index (χ3v) is 4.31. The number of benzene rings is 1. The highest BCUT2D eigenvalue weighted by atomic mass is 35.5. The van der Waals surface area contributed by atoms with Crippen LogP contribution >= 0.6 is 11.6 Å². The van der Waals surface area contributed by atoms with Gasteiger partial charge in [0.25, 0.3) is 0 Å². The Hall–Kier alpha value is -1.20. The maximum absolute atomic E-state index is 11.4. The summed E-state index contributed by atoms with van der Waals surface area (Å²) in [5.41, 5.74) is 0.950.